The molecule has 1 aliphatic rings. The van der Waals surface area contributed by atoms with E-state index in [1.165, 1.54) is 16.9 Å². The number of rotatable bonds is 3. The van der Waals surface area contributed by atoms with Gasteiger partial charge in [0.15, 0.2) is 6.20 Å². The molecule has 1 aliphatic heterocycles. The smallest absolute Gasteiger partial charge is 0.216 e. The third-order valence-corrected chi connectivity index (χ3v) is 8.38. The number of hydrogen-bond acceptors (Lipinski definition) is 3. The highest BCUT2D eigenvalue weighted by Crippen LogP contribution is 2.47. The normalized spacial score (nSPS) is 14.0. The van der Waals surface area contributed by atoms with Crippen molar-refractivity contribution in [3.05, 3.63) is 114 Å². The fourth-order valence-corrected chi connectivity index (χ4v) is 6.36. The maximum Gasteiger partial charge on any atom is 0.216 e. The van der Waals surface area contributed by atoms with Crippen molar-refractivity contribution in [3.8, 4) is 28.5 Å². The Labute approximate surface area is 234 Å². The summed E-state index contributed by atoms with van der Waals surface area (Å²) >= 11 is 0. The lowest BCUT2D eigenvalue weighted by atomic mass is 9.85. The molecule has 2 aromatic heterocycles. The van der Waals surface area contributed by atoms with Gasteiger partial charge in [-0.3, -0.25) is 0 Å². The van der Waals surface area contributed by atoms with E-state index in [4.69, 9.17) is 4.42 Å². The molecule has 0 amide bonds. The van der Waals surface area contributed by atoms with Gasteiger partial charge in [0, 0.05) is 51.8 Å². The first-order valence-electron chi connectivity index (χ1n) is 13.7. The summed E-state index contributed by atoms with van der Waals surface area (Å²) in [5.74, 6) is 0. The van der Waals surface area contributed by atoms with Crippen LogP contribution in [0.2, 0.25) is 0 Å². The number of fused-ring (bicyclic) bond motifs is 4. The Hall–Kier alpha value is -4.88. The minimum Gasteiger partial charge on any atom is -0.454 e. The fourth-order valence-electron chi connectivity index (χ4n) is 6.36. The van der Waals surface area contributed by atoms with Crippen LogP contribution in [0.4, 0.5) is 11.4 Å². The predicted molar refractivity (Wildman–Crippen MR) is 162 cm³/mol. The Bertz CT molecular complexity index is 1990. The molecule has 0 radical (unpaired) electrons. The van der Waals surface area contributed by atoms with Gasteiger partial charge in [-0.25, -0.2) is 4.57 Å². The molecular weight excluding hydrogens is 490 g/mol. The zero-order valence-electron chi connectivity index (χ0n) is 23.2. The highest BCUT2D eigenvalue weighted by atomic mass is 16.3. The topological polar surface area (TPSA) is 44.1 Å². The number of nitrogens with zero attached hydrogens (tertiary/aromatic N) is 3. The van der Waals surface area contributed by atoms with Gasteiger partial charge in [-0.15, -0.1) is 0 Å². The molecule has 0 spiro atoms. The highest BCUT2D eigenvalue weighted by Gasteiger charge is 2.36. The molecule has 0 saturated carbocycles. The zero-order valence-corrected chi connectivity index (χ0v) is 23.2. The molecule has 40 heavy (non-hydrogen) atoms. The number of para-hydroxylation sites is 1. The van der Waals surface area contributed by atoms with Crippen LogP contribution in [0.15, 0.2) is 102 Å². The average Bonchev–Trinajstić information content (AvgIpc) is 3.47. The van der Waals surface area contributed by atoms with Gasteiger partial charge in [-0.05, 0) is 66.1 Å². The maximum absolute atomic E-state index is 10.2. The molecule has 3 heterocycles. The third-order valence-electron chi connectivity index (χ3n) is 8.38. The van der Waals surface area contributed by atoms with Gasteiger partial charge in [0.2, 0.25) is 5.69 Å². The van der Waals surface area contributed by atoms with Gasteiger partial charge in [0.25, 0.3) is 0 Å². The second-order valence-corrected chi connectivity index (χ2v) is 11.4. The molecule has 4 aromatic carbocycles. The number of aromatic nitrogens is 1. The van der Waals surface area contributed by atoms with Crippen LogP contribution in [0.1, 0.15) is 30.5 Å². The van der Waals surface area contributed by atoms with Crippen LogP contribution in [0.3, 0.4) is 0 Å². The molecule has 6 aromatic rings. The van der Waals surface area contributed by atoms with Gasteiger partial charge in [0.05, 0.1) is 17.2 Å². The van der Waals surface area contributed by atoms with Crippen molar-refractivity contribution in [2.75, 3.05) is 11.4 Å². The largest absolute Gasteiger partial charge is 0.454 e. The SMILES string of the molecule is Cc1ccc2c(oc3c(-c4ccc5c(c4)C(C)(C)CN5c4ccccc4)c(C#N)ccc32)c1-c1cccc[n+]1C. The van der Waals surface area contributed by atoms with E-state index in [9.17, 15) is 5.26 Å². The molecule has 0 aliphatic carbocycles. The van der Waals surface area contributed by atoms with E-state index < -0.39 is 0 Å². The molecule has 4 heteroatoms. The second-order valence-electron chi connectivity index (χ2n) is 11.4. The van der Waals surface area contributed by atoms with Crippen molar-refractivity contribution in [1.82, 2.24) is 0 Å². The predicted octanol–water partition coefficient (Wildman–Crippen LogP) is 8.35. The average molecular weight is 521 g/mol. The van der Waals surface area contributed by atoms with Crippen LogP contribution < -0.4 is 9.47 Å². The lowest BCUT2D eigenvalue weighted by Crippen LogP contribution is -2.30. The molecule has 0 N–H and O–H groups in total. The standard InChI is InChI=1S/C36H30N3O/c1-23-13-16-27-28-17-14-25(21-37)33(35(28)40-34(27)32(23)31-12-8-9-19-38(31)4)24-15-18-30-29(20-24)36(2,3)22-39(30)26-10-6-5-7-11-26/h5-20H,22H2,1-4H3/q+1. The van der Waals surface area contributed by atoms with Gasteiger partial charge < -0.3 is 9.32 Å². The van der Waals surface area contributed by atoms with E-state index >= 15 is 0 Å². The lowest BCUT2D eigenvalue weighted by Gasteiger charge is -2.22. The monoisotopic (exact) mass is 520 g/mol. The first-order chi connectivity index (χ1) is 19.4. The van der Waals surface area contributed by atoms with Crippen LogP contribution >= 0.6 is 0 Å². The Kier molecular flexibility index (Phi) is 5.34. The molecule has 0 fully saturated rings. The van der Waals surface area contributed by atoms with Gasteiger partial charge in [-0.1, -0.05) is 50.2 Å². The minimum atomic E-state index is -0.0535. The van der Waals surface area contributed by atoms with Gasteiger partial charge in [0.1, 0.15) is 18.2 Å². The van der Waals surface area contributed by atoms with E-state index in [2.05, 4.69) is 122 Å². The fraction of sp³-hybridized carbons (Fsp3) is 0.167. The third kappa shape index (κ3) is 3.55. The summed E-state index contributed by atoms with van der Waals surface area (Å²) in [5, 5.41) is 12.3. The summed E-state index contributed by atoms with van der Waals surface area (Å²) in [7, 11) is 2.06. The molecule has 4 nitrogen and oxygen atoms in total. The second kappa shape index (κ2) is 8.83. The van der Waals surface area contributed by atoms with Crippen molar-refractivity contribution in [1.29, 1.82) is 5.26 Å². The van der Waals surface area contributed by atoms with Crippen LogP contribution in [0, 0.1) is 18.3 Å². The van der Waals surface area contributed by atoms with Crippen molar-refractivity contribution >= 4 is 33.3 Å². The first kappa shape index (κ1) is 24.2. The van der Waals surface area contributed by atoms with Crippen molar-refractivity contribution in [3.63, 3.8) is 0 Å². The number of hydrogen-bond donors (Lipinski definition) is 0. The number of nitriles is 1. The summed E-state index contributed by atoms with van der Waals surface area (Å²) in [6.07, 6.45) is 2.06. The zero-order chi connectivity index (χ0) is 27.6. The summed E-state index contributed by atoms with van der Waals surface area (Å²) in [4.78, 5) is 2.39. The van der Waals surface area contributed by atoms with E-state index in [1.54, 1.807) is 0 Å². The Morgan fingerprint density at radius 2 is 1.57 bits per heavy atom. The minimum absolute atomic E-state index is 0.0535. The Balaban J connectivity index is 1.48. The van der Waals surface area contributed by atoms with Crippen LogP contribution in [0.5, 0.6) is 0 Å². The number of furan rings is 1. The van der Waals surface area contributed by atoms with Gasteiger partial charge >= 0.3 is 0 Å². The van der Waals surface area contributed by atoms with Crippen molar-refractivity contribution in [2.24, 2.45) is 7.05 Å². The molecular formula is C36H30N3O+. The molecule has 0 saturated heterocycles. The van der Waals surface area contributed by atoms with Crippen LogP contribution in [-0.4, -0.2) is 6.54 Å². The summed E-state index contributed by atoms with van der Waals surface area (Å²) in [6, 6.07) is 34.1. The van der Waals surface area contributed by atoms with Crippen molar-refractivity contribution in [2.45, 2.75) is 26.2 Å². The summed E-state index contributed by atoms with van der Waals surface area (Å²) in [5.41, 5.74) is 11.0. The quantitative estimate of drug-likeness (QED) is 0.220. The Morgan fingerprint density at radius 3 is 2.33 bits per heavy atom. The highest BCUT2D eigenvalue weighted by molar-refractivity contribution is 6.14. The first-order valence-corrected chi connectivity index (χ1v) is 13.7. The van der Waals surface area contributed by atoms with Gasteiger partial charge in [-0.2, -0.15) is 5.26 Å². The summed E-state index contributed by atoms with van der Waals surface area (Å²) in [6.45, 7) is 7.60. The van der Waals surface area contributed by atoms with E-state index in [1.807, 2.05) is 18.2 Å². The molecule has 0 bridgehead atoms. The van der Waals surface area contributed by atoms with E-state index in [0.717, 1.165) is 56.4 Å². The number of aryl methyl sites for hydroxylation is 2. The number of benzene rings is 4. The Morgan fingerprint density at radius 1 is 0.850 bits per heavy atom. The van der Waals surface area contributed by atoms with Crippen molar-refractivity contribution < 1.29 is 8.98 Å². The maximum atomic E-state index is 10.2. The molecule has 0 atom stereocenters. The van der Waals surface area contributed by atoms with E-state index in [-0.39, 0.29) is 5.41 Å². The lowest BCUT2D eigenvalue weighted by molar-refractivity contribution is -0.660. The van der Waals surface area contributed by atoms with E-state index in [0.29, 0.717) is 5.56 Å². The molecule has 194 valence electrons. The van der Waals surface area contributed by atoms with Crippen LogP contribution in [-0.2, 0) is 12.5 Å². The number of pyridine rings is 1. The molecule has 0 unspecified atom stereocenters. The van der Waals surface area contributed by atoms with Crippen LogP contribution in [0.25, 0.3) is 44.3 Å². The summed E-state index contributed by atoms with van der Waals surface area (Å²) < 4.78 is 8.91. The number of anilines is 2. The molecule has 7 rings (SSSR count).